The fourth-order valence-electron chi connectivity index (χ4n) is 2.65. The van der Waals surface area contributed by atoms with Crippen LogP contribution in [-0.2, 0) is 17.9 Å². The highest BCUT2D eigenvalue weighted by atomic mass is 35.5. The molecule has 1 saturated carbocycles. The second-order valence-electron chi connectivity index (χ2n) is 5.98. The second kappa shape index (κ2) is 7.41. The van der Waals surface area contributed by atoms with Crippen molar-refractivity contribution in [3.63, 3.8) is 0 Å². The quantitative estimate of drug-likeness (QED) is 0.783. The van der Waals surface area contributed by atoms with Gasteiger partial charge < -0.3 is 9.47 Å². The van der Waals surface area contributed by atoms with Gasteiger partial charge in [-0.05, 0) is 36.6 Å². The summed E-state index contributed by atoms with van der Waals surface area (Å²) >= 11 is 12.0. The Labute approximate surface area is 150 Å². The fraction of sp³-hybridized carbons (Fsp3) is 0.333. The van der Waals surface area contributed by atoms with Crippen LogP contribution in [0.1, 0.15) is 24.8 Å². The molecule has 3 rings (SSSR count). The summed E-state index contributed by atoms with van der Waals surface area (Å²) < 4.78 is 1.56. The van der Waals surface area contributed by atoms with Crippen LogP contribution in [0.5, 0.6) is 0 Å². The van der Waals surface area contributed by atoms with E-state index in [1.807, 2.05) is 11.0 Å². The number of carbonyl (C=O) groups excluding carboxylic acids is 1. The number of nitrogens with zero attached hydrogens (tertiary/aromatic N) is 2. The van der Waals surface area contributed by atoms with E-state index in [2.05, 4.69) is 0 Å². The summed E-state index contributed by atoms with van der Waals surface area (Å²) in [6, 6.07) is 10.7. The molecule has 4 nitrogen and oxygen atoms in total. The lowest BCUT2D eigenvalue weighted by Crippen LogP contribution is -2.34. The maximum atomic E-state index is 12.6. The van der Waals surface area contributed by atoms with Gasteiger partial charge in [0.25, 0.3) is 5.56 Å². The third-order valence-electron chi connectivity index (χ3n) is 4.11. The average Bonchev–Trinajstić information content (AvgIpc) is 3.39. The summed E-state index contributed by atoms with van der Waals surface area (Å²) in [6.07, 6.45) is 4.06. The number of pyridine rings is 1. The number of hydrogen-bond donors (Lipinski definition) is 0. The van der Waals surface area contributed by atoms with Gasteiger partial charge in [0.2, 0.25) is 5.91 Å². The number of rotatable bonds is 6. The number of benzene rings is 1. The van der Waals surface area contributed by atoms with Gasteiger partial charge in [-0.2, -0.15) is 0 Å². The van der Waals surface area contributed by atoms with Crippen molar-refractivity contribution in [2.45, 2.75) is 38.4 Å². The zero-order valence-electron chi connectivity index (χ0n) is 13.1. The van der Waals surface area contributed by atoms with Crippen molar-refractivity contribution in [3.05, 3.63) is 68.6 Å². The van der Waals surface area contributed by atoms with Crippen LogP contribution in [0.3, 0.4) is 0 Å². The molecule has 24 heavy (non-hydrogen) atoms. The SMILES string of the molecule is O=C(CCn1ccccc1=O)N(Cc1ccc(Cl)c(Cl)c1)C1CC1. The van der Waals surface area contributed by atoms with Gasteiger partial charge in [0, 0.05) is 37.8 Å². The molecule has 0 aliphatic heterocycles. The van der Waals surface area contributed by atoms with Gasteiger partial charge in [-0.15, -0.1) is 0 Å². The minimum Gasteiger partial charge on any atom is -0.335 e. The van der Waals surface area contributed by atoms with Crippen molar-refractivity contribution in [1.82, 2.24) is 9.47 Å². The molecule has 0 N–H and O–H groups in total. The summed E-state index contributed by atoms with van der Waals surface area (Å²) in [5.41, 5.74) is 0.870. The molecule has 1 aromatic heterocycles. The first-order chi connectivity index (χ1) is 11.5. The molecule has 1 aliphatic rings. The first kappa shape index (κ1) is 17.1. The van der Waals surface area contributed by atoms with Gasteiger partial charge in [-0.3, -0.25) is 9.59 Å². The molecule has 2 aromatic rings. The van der Waals surface area contributed by atoms with Crippen molar-refractivity contribution in [1.29, 1.82) is 0 Å². The third-order valence-corrected chi connectivity index (χ3v) is 4.85. The molecule has 1 aromatic carbocycles. The van der Waals surface area contributed by atoms with Crippen LogP contribution in [-0.4, -0.2) is 21.4 Å². The number of halogens is 2. The van der Waals surface area contributed by atoms with E-state index in [1.54, 1.807) is 35.0 Å². The van der Waals surface area contributed by atoms with Crippen LogP contribution in [0.4, 0.5) is 0 Å². The molecule has 0 spiro atoms. The van der Waals surface area contributed by atoms with Crippen molar-refractivity contribution >= 4 is 29.1 Å². The van der Waals surface area contributed by atoms with E-state index < -0.39 is 0 Å². The van der Waals surface area contributed by atoms with Crippen LogP contribution in [0.2, 0.25) is 10.0 Å². The Hall–Kier alpha value is -1.78. The molecule has 1 amide bonds. The van der Waals surface area contributed by atoms with Crippen LogP contribution >= 0.6 is 23.2 Å². The van der Waals surface area contributed by atoms with Crippen molar-refractivity contribution in [3.8, 4) is 0 Å². The fourth-order valence-corrected chi connectivity index (χ4v) is 2.97. The van der Waals surface area contributed by atoms with Gasteiger partial charge in [0.15, 0.2) is 0 Å². The van der Waals surface area contributed by atoms with E-state index in [9.17, 15) is 9.59 Å². The predicted octanol–water partition coefficient (Wildman–Crippen LogP) is 3.74. The second-order valence-corrected chi connectivity index (χ2v) is 6.80. The van der Waals surface area contributed by atoms with E-state index in [0.29, 0.717) is 35.6 Å². The summed E-state index contributed by atoms with van der Waals surface area (Å²) in [6.45, 7) is 0.910. The van der Waals surface area contributed by atoms with Gasteiger partial charge >= 0.3 is 0 Å². The van der Waals surface area contributed by atoms with Crippen molar-refractivity contribution < 1.29 is 4.79 Å². The van der Waals surface area contributed by atoms with Crippen LogP contribution in [0.15, 0.2) is 47.4 Å². The van der Waals surface area contributed by atoms with E-state index >= 15 is 0 Å². The molecule has 0 atom stereocenters. The Balaban J connectivity index is 1.66. The molecule has 126 valence electrons. The maximum Gasteiger partial charge on any atom is 0.250 e. The van der Waals surface area contributed by atoms with Gasteiger partial charge in [-0.1, -0.05) is 35.3 Å². The molecule has 0 saturated heterocycles. The maximum absolute atomic E-state index is 12.6. The Morgan fingerprint density at radius 3 is 2.62 bits per heavy atom. The van der Waals surface area contributed by atoms with E-state index in [0.717, 1.165) is 18.4 Å². The third kappa shape index (κ3) is 4.19. The van der Waals surface area contributed by atoms with Gasteiger partial charge in [-0.25, -0.2) is 0 Å². The molecular weight excluding hydrogens is 347 g/mol. The van der Waals surface area contributed by atoms with Crippen LogP contribution in [0.25, 0.3) is 0 Å². The van der Waals surface area contributed by atoms with Crippen LogP contribution < -0.4 is 5.56 Å². The Kier molecular flexibility index (Phi) is 5.27. The lowest BCUT2D eigenvalue weighted by molar-refractivity contribution is -0.132. The molecule has 1 aliphatic carbocycles. The Morgan fingerprint density at radius 2 is 1.96 bits per heavy atom. The van der Waals surface area contributed by atoms with Crippen molar-refractivity contribution in [2.75, 3.05) is 0 Å². The van der Waals surface area contributed by atoms with E-state index in [4.69, 9.17) is 23.2 Å². The number of hydrogen-bond acceptors (Lipinski definition) is 2. The van der Waals surface area contributed by atoms with Crippen LogP contribution in [0, 0.1) is 0 Å². The molecular formula is C18H18Cl2N2O2. The molecule has 0 radical (unpaired) electrons. The smallest absolute Gasteiger partial charge is 0.250 e. The zero-order chi connectivity index (χ0) is 17.1. The number of amides is 1. The lowest BCUT2D eigenvalue weighted by atomic mass is 10.2. The molecule has 1 heterocycles. The molecule has 1 fully saturated rings. The van der Waals surface area contributed by atoms with Gasteiger partial charge in [0.1, 0.15) is 0 Å². The molecule has 0 bridgehead atoms. The number of aromatic nitrogens is 1. The Morgan fingerprint density at radius 1 is 1.17 bits per heavy atom. The average molecular weight is 365 g/mol. The summed E-state index contributed by atoms with van der Waals surface area (Å²) in [5.74, 6) is 0.0549. The first-order valence-electron chi connectivity index (χ1n) is 7.93. The lowest BCUT2D eigenvalue weighted by Gasteiger charge is -2.23. The summed E-state index contributed by atoms with van der Waals surface area (Å²) in [7, 11) is 0. The number of aryl methyl sites for hydroxylation is 1. The van der Waals surface area contributed by atoms with Gasteiger partial charge in [0.05, 0.1) is 10.0 Å². The standard InChI is InChI=1S/C18H18Cl2N2O2/c19-15-7-4-13(11-16(15)20)12-22(14-5-6-14)18(24)8-10-21-9-2-1-3-17(21)23/h1-4,7,9,11,14H,5-6,8,10,12H2. The summed E-state index contributed by atoms with van der Waals surface area (Å²) in [5, 5.41) is 1.00. The minimum atomic E-state index is -0.0900. The van der Waals surface area contributed by atoms with Crippen molar-refractivity contribution in [2.24, 2.45) is 0 Å². The predicted molar refractivity (Wildman–Crippen MR) is 95.4 cm³/mol. The van der Waals surface area contributed by atoms with E-state index in [-0.39, 0.29) is 11.5 Å². The minimum absolute atomic E-state index is 0.0549. The highest BCUT2D eigenvalue weighted by Gasteiger charge is 2.32. The molecule has 0 unspecified atom stereocenters. The highest BCUT2D eigenvalue weighted by molar-refractivity contribution is 6.42. The zero-order valence-corrected chi connectivity index (χ0v) is 14.6. The highest BCUT2D eigenvalue weighted by Crippen LogP contribution is 2.30. The largest absolute Gasteiger partial charge is 0.335 e. The molecule has 6 heteroatoms. The van der Waals surface area contributed by atoms with E-state index in [1.165, 1.54) is 6.07 Å². The number of carbonyl (C=O) groups is 1. The normalized spacial score (nSPS) is 13.8. The first-order valence-corrected chi connectivity index (χ1v) is 8.69. The summed E-state index contributed by atoms with van der Waals surface area (Å²) in [4.78, 5) is 26.2. The Bertz CT molecular complexity index is 800. The topological polar surface area (TPSA) is 42.3 Å². The monoisotopic (exact) mass is 364 g/mol.